The van der Waals surface area contributed by atoms with E-state index in [4.69, 9.17) is 0 Å². The van der Waals surface area contributed by atoms with Crippen LogP contribution in [-0.4, -0.2) is 57.3 Å². The van der Waals surface area contributed by atoms with Crippen LogP contribution in [0.3, 0.4) is 0 Å². The average Bonchev–Trinajstić information content (AvgIpc) is 3.34. The van der Waals surface area contributed by atoms with Gasteiger partial charge in [0.05, 0.1) is 33.7 Å². The molecular formula is C19H22N4O6S. The summed E-state index contributed by atoms with van der Waals surface area (Å²) in [6.07, 6.45) is 5.27. The first-order chi connectivity index (χ1) is 14.2. The van der Waals surface area contributed by atoms with E-state index in [1.807, 2.05) is 0 Å². The zero-order chi connectivity index (χ0) is 21.5. The Hall–Kier alpha value is -2.82. The molecule has 4 rings (SSSR count). The molecule has 1 saturated heterocycles. The van der Waals surface area contributed by atoms with E-state index in [0.717, 1.165) is 25.7 Å². The Morgan fingerprint density at radius 1 is 1.23 bits per heavy atom. The van der Waals surface area contributed by atoms with Crippen LogP contribution in [0.25, 0.3) is 10.9 Å². The molecule has 0 spiro atoms. The van der Waals surface area contributed by atoms with E-state index in [-0.39, 0.29) is 52.6 Å². The SMILES string of the molecule is O=C(Cn1cnc2cc([N+](=O)[O-])ccc2c1=O)N(C1CCCC1)C1CCS(=O)(=O)C1. The van der Waals surface area contributed by atoms with Gasteiger partial charge in [0.2, 0.25) is 5.91 Å². The number of aromatic nitrogens is 2. The molecule has 0 N–H and O–H groups in total. The fourth-order valence-corrected chi connectivity index (χ4v) is 6.19. The number of benzene rings is 1. The van der Waals surface area contributed by atoms with Gasteiger partial charge in [-0.3, -0.25) is 24.3 Å². The number of sulfone groups is 1. The van der Waals surface area contributed by atoms with Crippen LogP contribution in [-0.2, 0) is 21.2 Å². The first kappa shape index (κ1) is 20.5. The zero-order valence-electron chi connectivity index (χ0n) is 16.3. The second-order valence-electron chi connectivity index (χ2n) is 7.93. The van der Waals surface area contributed by atoms with Gasteiger partial charge in [-0.05, 0) is 25.3 Å². The van der Waals surface area contributed by atoms with Crippen LogP contribution in [0.1, 0.15) is 32.1 Å². The number of carbonyl (C=O) groups excluding carboxylic acids is 1. The molecule has 2 aromatic rings. The van der Waals surface area contributed by atoms with Crippen LogP contribution < -0.4 is 5.56 Å². The van der Waals surface area contributed by atoms with Gasteiger partial charge >= 0.3 is 0 Å². The quantitative estimate of drug-likeness (QED) is 0.511. The highest BCUT2D eigenvalue weighted by molar-refractivity contribution is 7.91. The van der Waals surface area contributed by atoms with Gasteiger partial charge in [-0.1, -0.05) is 12.8 Å². The third-order valence-electron chi connectivity index (χ3n) is 5.93. The van der Waals surface area contributed by atoms with Crippen LogP contribution in [0.15, 0.2) is 29.3 Å². The molecule has 1 aliphatic heterocycles. The predicted molar refractivity (Wildman–Crippen MR) is 109 cm³/mol. The summed E-state index contributed by atoms with van der Waals surface area (Å²) in [4.78, 5) is 42.1. The fourth-order valence-electron chi connectivity index (χ4n) is 4.48. The van der Waals surface area contributed by atoms with Crippen molar-refractivity contribution in [2.75, 3.05) is 11.5 Å². The molecule has 0 bridgehead atoms. The van der Waals surface area contributed by atoms with E-state index in [1.165, 1.54) is 29.1 Å². The van der Waals surface area contributed by atoms with Crippen molar-refractivity contribution >= 4 is 32.3 Å². The third kappa shape index (κ3) is 3.93. The predicted octanol–water partition coefficient (Wildman–Crippen LogP) is 1.26. The standard InChI is InChI=1S/C19H22N4O6S/c24-18(22(13-3-1-2-4-13)15-7-8-30(28,29)11-15)10-21-12-20-17-9-14(23(26)27)5-6-16(17)19(21)25/h5-6,9,12-13,15H,1-4,7-8,10-11H2. The maximum absolute atomic E-state index is 13.2. The second-order valence-corrected chi connectivity index (χ2v) is 10.2. The molecule has 11 heteroatoms. The highest BCUT2D eigenvalue weighted by Crippen LogP contribution is 2.29. The number of hydrogen-bond donors (Lipinski definition) is 0. The number of rotatable bonds is 5. The summed E-state index contributed by atoms with van der Waals surface area (Å²) in [6.45, 7) is -0.244. The maximum atomic E-state index is 13.2. The second kappa shape index (κ2) is 7.78. The van der Waals surface area contributed by atoms with Crippen molar-refractivity contribution in [3.05, 3.63) is 45.0 Å². The molecule has 160 valence electrons. The Morgan fingerprint density at radius 3 is 2.60 bits per heavy atom. The number of amides is 1. The Bertz CT molecular complexity index is 1170. The van der Waals surface area contributed by atoms with Crippen LogP contribution in [0.5, 0.6) is 0 Å². The molecule has 2 fully saturated rings. The van der Waals surface area contributed by atoms with Gasteiger partial charge in [0.25, 0.3) is 11.2 Å². The van der Waals surface area contributed by atoms with Crippen molar-refractivity contribution in [1.29, 1.82) is 0 Å². The molecule has 0 radical (unpaired) electrons. The molecule has 1 atom stereocenters. The van der Waals surface area contributed by atoms with Crippen LogP contribution in [0, 0.1) is 10.1 Å². The van der Waals surface area contributed by atoms with Crippen LogP contribution in [0.4, 0.5) is 5.69 Å². The highest BCUT2D eigenvalue weighted by Gasteiger charge is 2.39. The number of non-ortho nitro benzene ring substituents is 1. The number of fused-ring (bicyclic) bond motifs is 1. The summed E-state index contributed by atoms with van der Waals surface area (Å²) in [5, 5.41) is 11.1. The van der Waals surface area contributed by atoms with E-state index in [9.17, 15) is 28.1 Å². The third-order valence-corrected chi connectivity index (χ3v) is 7.68. The lowest BCUT2D eigenvalue weighted by Gasteiger charge is -2.34. The lowest BCUT2D eigenvalue weighted by molar-refractivity contribution is -0.384. The van der Waals surface area contributed by atoms with Crippen LogP contribution in [0.2, 0.25) is 0 Å². The van der Waals surface area contributed by atoms with Crippen molar-refractivity contribution < 1.29 is 18.1 Å². The number of hydrogen-bond acceptors (Lipinski definition) is 7. The number of nitro benzene ring substituents is 1. The van der Waals surface area contributed by atoms with E-state index in [1.54, 1.807) is 4.90 Å². The maximum Gasteiger partial charge on any atom is 0.271 e. The van der Waals surface area contributed by atoms with Gasteiger partial charge in [-0.15, -0.1) is 0 Å². The van der Waals surface area contributed by atoms with Gasteiger partial charge in [0, 0.05) is 24.2 Å². The van der Waals surface area contributed by atoms with Crippen molar-refractivity contribution in [3.63, 3.8) is 0 Å². The monoisotopic (exact) mass is 434 g/mol. The first-order valence-electron chi connectivity index (χ1n) is 9.90. The summed E-state index contributed by atoms with van der Waals surface area (Å²) in [5.74, 6) is -0.261. The highest BCUT2D eigenvalue weighted by atomic mass is 32.2. The molecule has 1 unspecified atom stereocenters. The molecule has 1 aromatic heterocycles. The molecule has 2 aliphatic rings. The van der Waals surface area contributed by atoms with Crippen LogP contribution >= 0.6 is 0 Å². The van der Waals surface area contributed by atoms with Crippen molar-refractivity contribution in [3.8, 4) is 0 Å². The first-order valence-corrected chi connectivity index (χ1v) is 11.7. The number of nitro groups is 1. The molecule has 1 aliphatic carbocycles. The molecular weight excluding hydrogens is 412 g/mol. The fraction of sp³-hybridized carbons (Fsp3) is 0.526. The Balaban J connectivity index is 1.62. The minimum absolute atomic E-state index is 0.0115. The number of carbonyl (C=O) groups is 1. The molecule has 1 aromatic carbocycles. The van der Waals surface area contributed by atoms with E-state index in [0.29, 0.717) is 6.42 Å². The molecule has 1 amide bonds. The minimum Gasteiger partial charge on any atom is -0.334 e. The van der Waals surface area contributed by atoms with Gasteiger partial charge in [0.15, 0.2) is 9.84 Å². The summed E-state index contributed by atoms with van der Waals surface area (Å²) < 4.78 is 25.1. The number of nitrogens with zero attached hydrogens (tertiary/aromatic N) is 4. The lowest BCUT2D eigenvalue weighted by atomic mass is 10.1. The molecule has 10 nitrogen and oxygen atoms in total. The average molecular weight is 434 g/mol. The largest absolute Gasteiger partial charge is 0.334 e. The van der Waals surface area contributed by atoms with Gasteiger partial charge in [-0.2, -0.15) is 0 Å². The summed E-state index contributed by atoms with van der Waals surface area (Å²) in [7, 11) is -3.15. The summed E-state index contributed by atoms with van der Waals surface area (Å²) in [5.41, 5.74) is -0.445. The zero-order valence-corrected chi connectivity index (χ0v) is 17.1. The van der Waals surface area contributed by atoms with Crippen molar-refractivity contribution in [2.45, 2.75) is 50.7 Å². The minimum atomic E-state index is -3.15. The van der Waals surface area contributed by atoms with Gasteiger partial charge in [-0.25, -0.2) is 13.4 Å². The molecule has 2 heterocycles. The Labute approximate surface area is 172 Å². The molecule has 1 saturated carbocycles. The normalized spacial score (nSPS) is 21.1. The topological polar surface area (TPSA) is 132 Å². The lowest BCUT2D eigenvalue weighted by Crippen LogP contribution is -2.49. The van der Waals surface area contributed by atoms with E-state index >= 15 is 0 Å². The molecule has 30 heavy (non-hydrogen) atoms. The summed E-state index contributed by atoms with van der Waals surface area (Å²) in [6, 6.07) is 3.41. The van der Waals surface area contributed by atoms with Gasteiger partial charge in [0.1, 0.15) is 6.54 Å². The Kier molecular flexibility index (Phi) is 5.31. The van der Waals surface area contributed by atoms with Gasteiger partial charge < -0.3 is 4.90 Å². The Morgan fingerprint density at radius 2 is 1.97 bits per heavy atom. The summed E-state index contributed by atoms with van der Waals surface area (Å²) >= 11 is 0. The van der Waals surface area contributed by atoms with Crippen molar-refractivity contribution in [1.82, 2.24) is 14.5 Å². The van der Waals surface area contributed by atoms with Crippen molar-refractivity contribution in [2.24, 2.45) is 0 Å². The smallest absolute Gasteiger partial charge is 0.271 e. The van der Waals surface area contributed by atoms with E-state index in [2.05, 4.69) is 4.98 Å². The van der Waals surface area contributed by atoms with E-state index < -0.39 is 20.3 Å².